The van der Waals surface area contributed by atoms with Crippen molar-refractivity contribution in [3.05, 3.63) is 0 Å². The Bertz CT molecular complexity index is 262. The van der Waals surface area contributed by atoms with Gasteiger partial charge in [0.2, 0.25) is 6.41 Å². The van der Waals surface area contributed by atoms with Gasteiger partial charge in [-0.15, -0.1) is 0 Å². The van der Waals surface area contributed by atoms with Crippen LogP contribution < -0.4 is 11.1 Å². The fourth-order valence-electron chi connectivity index (χ4n) is 2.52. The number of carbonyl (C=O) groups is 1. The number of hydrogen-bond donors (Lipinski definition) is 2. The largest absolute Gasteiger partial charge is 0.376 e. The van der Waals surface area contributed by atoms with Crippen LogP contribution >= 0.6 is 12.2 Å². The average molecular weight is 257 g/mol. The third-order valence-electron chi connectivity index (χ3n) is 3.52. The van der Waals surface area contributed by atoms with E-state index in [1.807, 2.05) is 4.90 Å². The standard InChI is InChI=1S/C12H23N3OS/c1-9(2)15(8-16)11-5-3-10(4-6-11)7-14-12(13)17/h8-11H,3-7H2,1-2H3,(H3,13,14,17). The summed E-state index contributed by atoms with van der Waals surface area (Å²) >= 11 is 4.79. The molecule has 0 bridgehead atoms. The first-order valence-corrected chi connectivity index (χ1v) is 6.71. The van der Waals surface area contributed by atoms with Crippen LogP contribution in [0.5, 0.6) is 0 Å². The summed E-state index contributed by atoms with van der Waals surface area (Å²) < 4.78 is 0. The van der Waals surface area contributed by atoms with Crippen LogP contribution in [0.1, 0.15) is 39.5 Å². The number of nitrogens with two attached hydrogens (primary N) is 1. The van der Waals surface area contributed by atoms with Crippen molar-refractivity contribution >= 4 is 23.7 Å². The first-order valence-electron chi connectivity index (χ1n) is 6.30. The molecule has 98 valence electrons. The molecule has 3 N–H and O–H groups in total. The number of hydrogen-bond acceptors (Lipinski definition) is 2. The topological polar surface area (TPSA) is 58.4 Å². The molecule has 4 nitrogen and oxygen atoms in total. The molecule has 1 amide bonds. The predicted octanol–water partition coefficient (Wildman–Crippen LogP) is 1.25. The van der Waals surface area contributed by atoms with Gasteiger partial charge in [0.15, 0.2) is 5.11 Å². The summed E-state index contributed by atoms with van der Waals surface area (Å²) in [4.78, 5) is 13.0. The first kappa shape index (κ1) is 14.2. The summed E-state index contributed by atoms with van der Waals surface area (Å²) in [5.41, 5.74) is 5.41. The summed E-state index contributed by atoms with van der Waals surface area (Å²) in [6.45, 7) is 4.99. The number of amides is 1. The van der Waals surface area contributed by atoms with E-state index in [1.54, 1.807) is 0 Å². The van der Waals surface area contributed by atoms with Gasteiger partial charge in [-0.2, -0.15) is 0 Å². The van der Waals surface area contributed by atoms with Gasteiger partial charge in [0.05, 0.1) is 0 Å². The Morgan fingerprint density at radius 3 is 2.47 bits per heavy atom. The second kappa shape index (κ2) is 6.79. The molecule has 0 aromatic rings. The van der Waals surface area contributed by atoms with Gasteiger partial charge in [0, 0.05) is 18.6 Å². The molecule has 0 spiro atoms. The minimum atomic E-state index is 0.295. The van der Waals surface area contributed by atoms with E-state index in [9.17, 15) is 4.79 Å². The monoisotopic (exact) mass is 257 g/mol. The lowest BCUT2D eigenvalue weighted by atomic mass is 9.85. The van der Waals surface area contributed by atoms with Crippen molar-refractivity contribution in [3.8, 4) is 0 Å². The molecular weight excluding hydrogens is 234 g/mol. The Labute approximate surface area is 109 Å². The Balaban J connectivity index is 2.34. The minimum Gasteiger partial charge on any atom is -0.376 e. The lowest BCUT2D eigenvalue weighted by Crippen LogP contribution is -2.43. The highest BCUT2D eigenvalue weighted by Gasteiger charge is 2.26. The zero-order valence-corrected chi connectivity index (χ0v) is 11.5. The first-order chi connectivity index (χ1) is 8.04. The zero-order valence-electron chi connectivity index (χ0n) is 10.7. The molecule has 0 saturated heterocycles. The highest BCUT2D eigenvalue weighted by atomic mass is 32.1. The van der Waals surface area contributed by atoms with Gasteiger partial charge >= 0.3 is 0 Å². The minimum absolute atomic E-state index is 0.295. The number of carbonyl (C=O) groups excluding carboxylic acids is 1. The molecule has 0 aliphatic heterocycles. The van der Waals surface area contributed by atoms with Crippen LogP contribution in [-0.4, -0.2) is 35.1 Å². The lowest BCUT2D eigenvalue weighted by molar-refractivity contribution is -0.122. The van der Waals surface area contributed by atoms with Gasteiger partial charge in [0.1, 0.15) is 0 Å². The van der Waals surface area contributed by atoms with Crippen molar-refractivity contribution in [1.29, 1.82) is 0 Å². The van der Waals surface area contributed by atoms with E-state index in [4.69, 9.17) is 18.0 Å². The second-order valence-electron chi connectivity index (χ2n) is 5.07. The van der Waals surface area contributed by atoms with Crippen LogP contribution in [0.4, 0.5) is 0 Å². The van der Waals surface area contributed by atoms with Crippen molar-refractivity contribution in [1.82, 2.24) is 10.2 Å². The van der Waals surface area contributed by atoms with Crippen LogP contribution in [0.3, 0.4) is 0 Å². The maximum atomic E-state index is 11.0. The molecule has 1 rings (SSSR count). The summed E-state index contributed by atoms with van der Waals surface area (Å²) in [6.07, 6.45) is 5.43. The van der Waals surface area contributed by atoms with Gasteiger partial charge in [-0.1, -0.05) is 0 Å². The molecule has 17 heavy (non-hydrogen) atoms. The normalized spacial score (nSPS) is 24.4. The van der Waals surface area contributed by atoms with Crippen LogP contribution in [0.15, 0.2) is 0 Å². The van der Waals surface area contributed by atoms with E-state index >= 15 is 0 Å². The maximum absolute atomic E-state index is 11.0. The summed E-state index contributed by atoms with van der Waals surface area (Å²) in [5.74, 6) is 0.633. The van der Waals surface area contributed by atoms with Gasteiger partial charge in [-0.05, 0) is 57.7 Å². The fourth-order valence-corrected chi connectivity index (χ4v) is 2.60. The van der Waals surface area contributed by atoms with Gasteiger partial charge in [-0.3, -0.25) is 4.79 Å². The fraction of sp³-hybridized carbons (Fsp3) is 0.833. The molecule has 0 unspecified atom stereocenters. The molecular formula is C12H23N3OS. The molecule has 0 heterocycles. The Morgan fingerprint density at radius 1 is 1.47 bits per heavy atom. The smallest absolute Gasteiger partial charge is 0.210 e. The van der Waals surface area contributed by atoms with E-state index in [2.05, 4.69) is 19.2 Å². The van der Waals surface area contributed by atoms with E-state index in [1.165, 1.54) is 0 Å². The van der Waals surface area contributed by atoms with Crippen LogP contribution in [0.2, 0.25) is 0 Å². The SMILES string of the molecule is CC(C)N(C=O)C1CCC(CNC(N)=S)CC1. The maximum Gasteiger partial charge on any atom is 0.210 e. The molecule has 1 aliphatic carbocycles. The zero-order chi connectivity index (χ0) is 12.8. The van der Waals surface area contributed by atoms with Crippen LogP contribution in [-0.2, 0) is 4.79 Å². The van der Waals surface area contributed by atoms with E-state index in [0.717, 1.165) is 38.6 Å². The molecule has 0 aromatic carbocycles. The van der Waals surface area contributed by atoms with Crippen molar-refractivity contribution in [2.45, 2.75) is 51.6 Å². The van der Waals surface area contributed by atoms with E-state index in [0.29, 0.717) is 23.1 Å². The molecule has 1 aliphatic rings. The van der Waals surface area contributed by atoms with Crippen molar-refractivity contribution in [2.75, 3.05) is 6.54 Å². The average Bonchev–Trinajstić information content (AvgIpc) is 2.28. The number of rotatable bonds is 5. The quantitative estimate of drug-likeness (QED) is 0.575. The highest BCUT2D eigenvalue weighted by molar-refractivity contribution is 7.80. The summed E-state index contributed by atoms with van der Waals surface area (Å²) in [7, 11) is 0. The predicted molar refractivity (Wildman–Crippen MR) is 73.6 cm³/mol. The van der Waals surface area contributed by atoms with Crippen LogP contribution in [0.25, 0.3) is 0 Å². The third-order valence-corrected chi connectivity index (χ3v) is 3.67. The van der Waals surface area contributed by atoms with Gasteiger partial charge in [-0.25, -0.2) is 0 Å². The van der Waals surface area contributed by atoms with Crippen molar-refractivity contribution < 1.29 is 4.79 Å². The molecule has 0 atom stereocenters. The Hall–Kier alpha value is -0.840. The van der Waals surface area contributed by atoms with Crippen LogP contribution in [0, 0.1) is 5.92 Å². The second-order valence-corrected chi connectivity index (χ2v) is 5.51. The van der Waals surface area contributed by atoms with E-state index in [-0.39, 0.29) is 0 Å². The lowest BCUT2D eigenvalue weighted by Gasteiger charge is -2.37. The van der Waals surface area contributed by atoms with Crippen molar-refractivity contribution in [3.63, 3.8) is 0 Å². The van der Waals surface area contributed by atoms with Crippen molar-refractivity contribution in [2.24, 2.45) is 11.7 Å². The molecule has 5 heteroatoms. The molecule has 1 fully saturated rings. The third kappa shape index (κ3) is 4.50. The number of thiocarbonyl (C=S) groups is 1. The van der Waals surface area contributed by atoms with E-state index < -0.39 is 0 Å². The molecule has 1 saturated carbocycles. The Kier molecular flexibility index (Phi) is 5.68. The number of nitrogens with one attached hydrogen (secondary N) is 1. The molecule has 0 aromatic heterocycles. The highest BCUT2D eigenvalue weighted by Crippen LogP contribution is 2.27. The summed E-state index contributed by atoms with van der Waals surface area (Å²) in [5, 5.41) is 3.40. The molecule has 0 radical (unpaired) electrons. The van der Waals surface area contributed by atoms with Gasteiger partial charge < -0.3 is 16.0 Å². The number of nitrogens with zero attached hydrogens (tertiary/aromatic N) is 1. The summed E-state index contributed by atoms with van der Waals surface area (Å²) in [6, 6.07) is 0.706. The Morgan fingerprint density at radius 2 is 2.06 bits per heavy atom. The van der Waals surface area contributed by atoms with Gasteiger partial charge in [0.25, 0.3) is 0 Å².